The van der Waals surface area contributed by atoms with Gasteiger partial charge in [-0.25, -0.2) is 8.42 Å². The van der Waals surface area contributed by atoms with Gasteiger partial charge in [0.1, 0.15) is 9.84 Å². The zero-order chi connectivity index (χ0) is 11.4. The van der Waals surface area contributed by atoms with E-state index < -0.39 is 9.84 Å². The summed E-state index contributed by atoms with van der Waals surface area (Å²) in [6.07, 6.45) is 1.21. The van der Waals surface area contributed by atoms with Crippen molar-refractivity contribution >= 4 is 9.84 Å². The van der Waals surface area contributed by atoms with Crippen LogP contribution >= 0.6 is 0 Å². The molecule has 90 valence electrons. The number of sulfone groups is 1. The lowest BCUT2D eigenvalue weighted by Gasteiger charge is -2.37. The van der Waals surface area contributed by atoms with Crippen molar-refractivity contribution in [2.75, 3.05) is 38.3 Å². The maximum Gasteiger partial charge on any atom is 0.150 e. The van der Waals surface area contributed by atoms with E-state index >= 15 is 0 Å². The van der Waals surface area contributed by atoms with Crippen molar-refractivity contribution in [1.29, 1.82) is 0 Å². The molecule has 15 heavy (non-hydrogen) atoms. The monoisotopic (exact) mass is 236 g/mol. The number of ether oxygens (including phenoxy) is 1. The third-order valence-electron chi connectivity index (χ3n) is 2.98. The molecule has 0 unspecified atom stereocenters. The molecular weight excluding hydrogens is 216 g/mol. The van der Waals surface area contributed by atoms with E-state index in [1.807, 2.05) is 0 Å². The molecule has 1 rings (SSSR count). The third kappa shape index (κ3) is 3.71. The van der Waals surface area contributed by atoms with E-state index in [9.17, 15) is 8.42 Å². The number of hydrogen-bond acceptors (Lipinski definition) is 5. The van der Waals surface area contributed by atoms with Gasteiger partial charge >= 0.3 is 0 Å². The van der Waals surface area contributed by atoms with Crippen molar-refractivity contribution in [2.45, 2.75) is 18.4 Å². The van der Waals surface area contributed by atoms with Gasteiger partial charge in [0, 0.05) is 25.7 Å². The number of nitrogens with one attached hydrogen (secondary N) is 1. The largest absolute Gasteiger partial charge is 0.383 e. The lowest BCUT2D eigenvalue weighted by molar-refractivity contribution is 0.181. The summed E-state index contributed by atoms with van der Waals surface area (Å²) in [4.78, 5) is 0. The molecule has 1 saturated heterocycles. The summed E-state index contributed by atoms with van der Waals surface area (Å²) in [7, 11) is -1.18. The summed E-state index contributed by atoms with van der Waals surface area (Å²) in [6, 6.07) is 0. The van der Waals surface area contributed by atoms with E-state index in [0.29, 0.717) is 32.5 Å². The lowest BCUT2D eigenvalue weighted by atomic mass is 9.92. The molecule has 1 aliphatic rings. The van der Waals surface area contributed by atoms with Gasteiger partial charge in [0.2, 0.25) is 0 Å². The fourth-order valence-corrected chi connectivity index (χ4v) is 3.41. The van der Waals surface area contributed by atoms with E-state index in [2.05, 4.69) is 5.32 Å². The van der Waals surface area contributed by atoms with E-state index in [0.717, 1.165) is 0 Å². The quantitative estimate of drug-likeness (QED) is 0.606. The summed E-state index contributed by atoms with van der Waals surface area (Å²) in [5.41, 5.74) is 5.51. The zero-order valence-corrected chi connectivity index (χ0v) is 9.98. The van der Waals surface area contributed by atoms with Gasteiger partial charge in [0.15, 0.2) is 0 Å². The number of rotatable bonds is 5. The fourth-order valence-electron chi connectivity index (χ4n) is 1.80. The third-order valence-corrected chi connectivity index (χ3v) is 4.63. The normalized spacial score (nSPS) is 23.9. The first-order valence-corrected chi connectivity index (χ1v) is 7.00. The second kappa shape index (κ2) is 5.25. The molecule has 0 spiro atoms. The van der Waals surface area contributed by atoms with Gasteiger partial charge in [-0.15, -0.1) is 0 Å². The fraction of sp³-hybridized carbons (Fsp3) is 1.00. The molecular formula is C9H20N2O3S. The van der Waals surface area contributed by atoms with Gasteiger partial charge in [-0.3, -0.25) is 0 Å². The minimum atomic E-state index is -2.82. The molecule has 1 heterocycles. The Labute approximate surface area is 91.3 Å². The average molecular weight is 236 g/mol. The van der Waals surface area contributed by atoms with Crippen LogP contribution in [0.4, 0.5) is 0 Å². The van der Waals surface area contributed by atoms with Crippen molar-refractivity contribution < 1.29 is 13.2 Å². The molecule has 0 aromatic carbocycles. The van der Waals surface area contributed by atoms with Crippen molar-refractivity contribution in [3.05, 3.63) is 0 Å². The minimum Gasteiger partial charge on any atom is -0.383 e. The van der Waals surface area contributed by atoms with Crippen LogP contribution in [0.15, 0.2) is 0 Å². The second-order valence-electron chi connectivity index (χ2n) is 4.06. The highest BCUT2D eigenvalue weighted by atomic mass is 32.2. The van der Waals surface area contributed by atoms with Crippen LogP contribution in [-0.2, 0) is 14.6 Å². The molecule has 6 heteroatoms. The van der Waals surface area contributed by atoms with Crippen LogP contribution in [-0.4, -0.2) is 52.3 Å². The summed E-state index contributed by atoms with van der Waals surface area (Å²) in [5.74, 6) is 0.481. The average Bonchev–Trinajstić information content (AvgIpc) is 2.22. The maximum absolute atomic E-state index is 11.3. The highest BCUT2D eigenvalue weighted by Crippen LogP contribution is 2.22. The van der Waals surface area contributed by atoms with E-state index in [1.165, 1.54) is 0 Å². The lowest BCUT2D eigenvalue weighted by Crippen LogP contribution is -2.56. The Bertz CT molecular complexity index is 276. The first-order valence-electron chi connectivity index (χ1n) is 5.18. The molecule has 0 amide bonds. The molecule has 5 nitrogen and oxygen atoms in total. The van der Waals surface area contributed by atoms with Crippen LogP contribution < -0.4 is 11.1 Å². The molecule has 3 N–H and O–H groups in total. The van der Waals surface area contributed by atoms with Gasteiger partial charge in [-0.1, -0.05) is 0 Å². The van der Waals surface area contributed by atoms with Crippen LogP contribution in [0.2, 0.25) is 0 Å². The Morgan fingerprint density at radius 1 is 1.40 bits per heavy atom. The Morgan fingerprint density at radius 2 is 2.00 bits per heavy atom. The standard InChI is InChI=1S/C9H20N2O3S/c1-14-5-4-11-9(8-10)2-6-15(12,13)7-3-9/h11H,2-8,10H2,1H3. The molecule has 0 saturated carbocycles. The number of methoxy groups -OCH3 is 1. The SMILES string of the molecule is COCCNC1(CN)CCS(=O)(=O)CC1. The van der Waals surface area contributed by atoms with Crippen LogP contribution in [0.3, 0.4) is 0 Å². The summed E-state index contributed by atoms with van der Waals surface area (Å²) in [5, 5.41) is 3.31. The predicted molar refractivity (Wildman–Crippen MR) is 59.6 cm³/mol. The van der Waals surface area contributed by atoms with Crippen LogP contribution in [0.1, 0.15) is 12.8 Å². The van der Waals surface area contributed by atoms with E-state index in [1.54, 1.807) is 7.11 Å². The van der Waals surface area contributed by atoms with Gasteiger partial charge < -0.3 is 15.8 Å². The van der Waals surface area contributed by atoms with Gasteiger partial charge in [0.05, 0.1) is 18.1 Å². The van der Waals surface area contributed by atoms with Crippen molar-refractivity contribution in [1.82, 2.24) is 5.32 Å². The molecule has 0 bridgehead atoms. The van der Waals surface area contributed by atoms with Gasteiger partial charge in [0.25, 0.3) is 0 Å². The van der Waals surface area contributed by atoms with Crippen LogP contribution in [0.25, 0.3) is 0 Å². The van der Waals surface area contributed by atoms with Gasteiger partial charge in [-0.2, -0.15) is 0 Å². The highest BCUT2D eigenvalue weighted by molar-refractivity contribution is 7.91. The number of hydrogen-bond donors (Lipinski definition) is 2. The Kier molecular flexibility index (Phi) is 4.51. The topological polar surface area (TPSA) is 81.4 Å². The van der Waals surface area contributed by atoms with E-state index in [4.69, 9.17) is 10.5 Å². The molecule has 1 aliphatic heterocycles. The minimum absolute atomic E-state index is 0.205. The summed E-state index contributed by atoms with van der Waals surface area (Å²) >= 11 is 0. The first-order chi connectivity index (χ1) is 7.04. The van der Waals surface area contributed by atoms with Crippen molar-refractivity contribution in [3.63, 3.8) is 0 Å². The molecule has 0 aromatic heterocycles. The Balaban J connectivity index is 2.48. The van der Waals surface area contributed by atoms with Crippen molar-refractivity contribution in [2.24, 2.45) is 5.73 Å². The molecule has 0 aliphatic carbocycles. The smallest absolute Gasteiger partial charge is 0.150 e. The summed E-state index contributed by atoms with van der Waals surface area (Å²) in [6.45, 7) is 1.81. The second-order valence-corrected chi connectivity index (χ2v) is 6.36. The molecule has 0 radical (unpaired) electrons. The van der Waals surface area contributed by atoms with Crippen LogP contribution in [0.5, 0.6) is 0 Å². The Morgan fingerprint density at radius 3 is 2.47 bits per heavy atom. The molecule has 0 atom stereocenters. The first kappa shape index (κ1) is 12.9. The Hall–Kier alpha value is -0.170. The molecule has 0 aromatic rings. The van der Waals surface area contributed by atoms with E-state index in [-0.39, 0.29) is 17.0 Å². The van der Waals surface area contributed by atoms with Gasteiger partial charge in [-0.05, 0) is 12.8 Å². The zero-order valence-electron chi connectivity index (χ0n) is 9.16. The predicted octanol–water partition coefficient (Wildman–Crippen LogP) is -0.871. The maximum atomic E-state index is 11.3. The van der Waals surface area contributed by atoms with Crippen molar-refractivity contribution in [3.8, 4) is 0 Å². The van der Waals surface area contributed by atoms with Crippen LogP contribution in [0, 0.1) is 0 Å². The molecule has 1 fully saturated rings. The highest BCUT2D eigenvalue weighted by Gasteiger charge is 2.35. The summed E-state index contributed by atoms with van der Waals surface area (Å²) < 4.78 is 27.5. The number of nitrogens with two attached hydrogens (primary N) is 1.